The molecule has 2 aliphatic rings. The van der Waals surface area contributed by atoms with E-state index in [-0.39, 0.29) is 17.6 Å². The summed E-state index contributed by atoms with van der Waals surface area (Å²) in [6.07, 6.45) is 3.81. The van der Waals surface area contributed by atoms with E-state index >= 15 is 0 Å². The minimum absolute atomic E-state index is 0.116. The van der Waals surface area contributed by atoms with E-state index in [0.29, 0.717) is 12.2 Å². The van der Waals surface area contributed by atoms with Gasteiger partial charge in [-0.2, -0.15) is 0 Å². The molecule has 3 heterocycles. The molecule has 2 aliphatic heterocycles. The predicted molar refractivity (Wildman–Crippen MR) is 77.0 cm³/mol. The molecule has 0 radical (unpaired) electrons. The Bertz CT molecular complexity index is 570. The van der Waals surface area contributed by atoms with Crippen LogP contribution in [0, 0.1) is 0 Å². The van der Waals surface area contributed by atoms with Gasteiger partial charge in [0.05, 0.1) is 29.6 Å². The topological polar surface area (TPSA) is 71.5 Å². The number of nitrogens with zero attached hydrogens (tertiary/aromatic N) is 2. The molecule has 0 spiro atoms. The number of rotatable bonds is 3. The van der Waals surface area contributed by atoms with Gasteiger partial charge in [0.1, 0.15) is 11.9 Å². The third kappa shape index (κ3) is 3.21. The van der Waals surface area contributed by atoms with Crippen molar-refractivity contribution in [3.05, 3.63) is 18.5 Å². The van der Waals surface area contributed by atoms with Crippen molar-refractivity contribution in [2.45, 2.75) is 12.5 Å². The van der Waals surface area contributed by atoms with Gasteiger partial charge < -0.3 is 15.0 Å². The Labute approximate surface area is 119 Å². The molecule has 1 N–H and O–H groups in total. The standard InChI is InChI=1S/C13H19N3O3S/c17-20(18)6-1-12(10-20)19-13-7-11(8-15-9-13)16-4-2-14-3-5-16/h7-9,12,14H,1-6,10H2. The molecular formula is C13H19N3O3S. The van der Waals surface area contributed by atoms with E-state index in [0.717, 1.165) is 31.9 Å². The van der Waals surface area contributed by atoms with Crippen LogP contribution in [-0.4, -0.2) is 57.2 Å². The van der Waals surface area contributed by atoms with Gasteiger partial charge in [-0.15, -0.1) is 0 Å². The highest BCUT2D eigenvalue weighted by molar-refractivity contribution is 7.91. The molecule has 3 rings (SSSR count). The quantitative estimate of drug-likeness (QED) is 0.850. The van der Waals surface area contributed by atoms with Crippen LogP contribution in [0.25, 0.3) is 0 Å². The van der Waals surface area contributed by atoms with Gasteiger partial charge in [0, 0.05) is 32.2 Å². The molecule has 0 amide bonds. The van der Waals surface area contributed by atoms with Crippen LogP contribution >= 0.6 is 0 Å². The first kappa shape index (κ1) is 13.6. The number of hydrogen-bond donors (Lipinski definition) is 1. The molecule has 0 aliphatic carbocycles. The molecule has 0 bridgehead atoms. The number of hydrogen-bond acceptors (Lipinski definition) is 6. The van der Waals surface area contributed by atoms with Crippen molar-refractivity contribution in [3.8, 4) is 5.75 Å². The summed E-state index contributed by atoms with van der Waals surface area (Å²) in [4.78, 5) is 6.45. The Balaban J connectivity index is 1.68. The third-order valence-corrected chi connectivity index (χ3v) is 5.41. The third-order valence-electron chi connectivity index (χ3n) is 3.67. The van der Waals surface area contributed by atoms with Gasteiger partial charge in [-0.05, 0) is 6.42 Å². The van der Waals surface area contributed by atoms with Gasteiger partial charge in [-0.1, -0.05) is 0 Å². The van der Waals surface area contributed by atoms with E-state index < -0.39 is 9.84 Å². The molecule has 20 heavy (non-hydrogen) atoms. The summed E-state index contributed by atoms with van der Waals surface area (Å²) in [6.45, 7) is 3.82. The Hall–Kier alpha value is -1.34. The highest BCUT2D eigenvalue weighted by atomic mass is 32.2. The average molecular weight is 297 g/mol. The van der Waals surface area contributed by atoms with Crippen molar-refractivity contribution in [1.29, 1.82) is 0 Å². The molecule has 2 saturated heterocycles. The van der Waals surface area contributed by atoms with Gasteiger partial charge in [0.2, 0.25) is 0 Å². The van der Waals surface area contributed by atoms with Crippen molar-refractivity contribution >= 4 is 15.5 Å². The summed E-state index contributed by atoms with van der Waals surface area (Å²) in [5, 5.41) is 3.31. The van der Waals surface area contributed by atoms with Gasteiger partial charge >= 0.3 is 0 Å². The fourth-order valence-electron chi connectivity index (χ4n) is 2.61. The SMILES string of the molecule is O=S1(=O)CCC(Oc2cncc(N3CCNCC3)c2)C1. The molecule has 2 fully saturated rings. The second kappa shape index (κ2) is 5.57. The Morgan fingerprint density at radius 3 is 2.80 bits per heavy atom. The first-order valence-corrected chi connectivity index (χ1v) is 8.72. The van der Waals surface area contributed by atoms with E-state index in [1.165, 1.54) is 0 Å². The average Bonchev–Trinajstić information content (AvgIpc) is 2.79. The first-order valence-electron chi connectivity index (χ1n) is 6.90. The molecule has 1 aromatic heterocycles. The van der Waals surface area contributed by atoms with Gasteiger partial charge in [0.25, 0.3) is 0 Å². The lowest BCUT2D eigenvalue weighted by molar-refractivity contribution is 0.228. The van der Waals surface area contributed by atoms with Crippen LogP contribution in [0.3, 0.4) is 0 Å². The molecule has 1 aromatic rings. The van der Waals surface area contributed by atoms with E-state index in [2.05, 4.69) is 15.2 Å². The number of anilines is 1. The lowest BCUT2D eigenvalue weighted by Crippen LogP contribution is -2.43. The van der Waals surface area contributed by atoms with Crippen molar-refractivity contribution in [1.82, 2.24) is 10.3 Å². The molecule has 1 atom stereocenters. The molecule has 110 valence electrons. The predicted octanol–water partition coefficient (Wildman–Crippen LogP) is 0.0571. The largest absolute Gasteiger partial charge is 0.488 e. The first-order chi connectivity index (χ1) is 9.62. The summed E-state index contributed by atoms with van der Waals surface area (Å²) in [6, 6.07) is 1.95. The zero-order valence-corrected chi connectivity index (χ0v) is 12.1. The lowest BCUT2D eigenvalue weighted by Gasteiger charge is -2.29. The highest BCUT2D eigenvalue weighted by Gasteiger charge is 2.29. The normalized spacial score (nSPS) is 25.6. The Kier molecular flexibility index (Phi) is 3.80. The molecular weight excluding hydrogens is 278 g/mol. The minimum atomic E-state index is -2.91. The van der Waals surface area contributed by atoms with Gasteiger partial charge in [-0.25, -0.2) is 8.42 Å². The van der Waals surface area contributed by atoms with Crippen LogP contribution in [0.1, 0.15) is 6.42 Å². The lowest BCUT2D eigenvalue weighted by atomic mass is 10.3. The minimum Gasteiger partial charge on any atom is -0.488 e. The summed E-state index contributed by atoms with van der Waals surface area (Å²) >= 11 is 0. The summed E-state index contributed by atoms with van der Waals surface area (Å²) in [5.74, 6) is 0.996. The maximum Gasteiger partial charge on any atom is 0.154 e. The highest BCUT2D eigenvalue weighted by Crippen LogP contribution is 2.23. The van der Waals surface area contributed by atoms with Crippen LogP contribution < -0.4 is 15.0 Å². The van der Waals surface area contributed by atoms with E-state index in [1.807, 2.05) is 12.3 Å². The van der Waals surface area contributed by atoms with Gasteiger partial charge in [-0.3, -0.25) is 4.98 Å². The molecule has 7 heteroatoms. The van der Waals surface area contributed by atoms with Crippen molar-refractivity contribution in [2.24, 2.45) is 0 Å². The monoisotopic (exact) mass is 297 g/mol. The second-order valence-electron chi connectivity index (χ2n) is 5.26. The zero-order valence-electron chi connectivity index (χ0n) is 11.3. The molecule has 0 saturated carbocycles. The second-order valence-corrected chi connectivity index (χ2v) is 7.49. The summed E-state index contributed by atoms with van der Waals surface area (Å²) in [5.41, 5.74) is 1.03. The number of aromatic nitrogens is 1. The fraction of sp³-hybridized carbons (Fsp3) is 0.615. The number of sulfone groups is 1. The summed E-state index contributed by atoms with van der Waals surface area (Å²) in [7, 11) is -2.91. The van der Waals surface area contributed by atoms with Crippen molar-refractivity contribution < 1.29 is 13.2 Å². The van der Waals surface area contributed by atoms with E-state index in [4.69, 9.17) is 4.74 Å². The number of pyridine rings is 1. The molecule has 0 aromatic carbocycles. The fourth-order valence-corrected chi connectivity index (χ4v) is 4.20. The molecule has 1 unspecified atom stereocenters. The van der Waals surface area contributed by atoms with E-state index in [9.17, 15) is 8.42 Å². The summed E-state index contributed by atoms with van der Waals surface area (Å²) < 4.78 is 28.6. The van der Waals surface area contributed by atoms with Gasteiger partial charge in [0.15, 0.2) is 9.84 Å². The number of ether oxygens (including phenoxy) is 1. The van der Waals surface area contributed by atoms with Crippen molar-refractivity contribution in [3.63, 3.8) is 0 Å². The van der Waals surface area contributed by atoms with Crippen LogP contribution in [0.2, 0.25) is 0 Å². The number of nitrogens with one attached hydrogen (secondary N) is 1. The Morgan fingerprint density at radius 1 is 1.30 bits per heavy atom. The maximum atomic E-state index is 11.4. The molecule has 6 nitrogen and oxygen atoms in total. The van der Waals surface area contributed by atoms with Crippen molar-refractivity contribution in [2.75, 3.05) is 42.6 Å². The zero-order chi connectivity index (χ0) is 14.0. The van der Waals surface area contributed by atoms with E-state index in [1.54, 1.807) is 6.20 Å². The number of piperazine rings is 1. The maximum absolute atomic E-state index is 11.4. The van der Waals surface area contributed by atoms with Crippen LogP contribution in [0.5, 0.6) is 5.75 Å². The Morgan fingerprint density at radius 2 is 2.10 bits per heavy atom. The van der Waals surface area contributed by atoms with Crippen LogP contribution in [0.4, 0.5) is 5.69 Å². The van der Waals surface area contributed by atoms with Crippen LogP contribution in [-0.2, 0) is 9.84 Å². The van der Waals surface area contributed by atoms with Crippen LogP contribution in [0.15, 0.2) is 18.5 Å². The smallest absolute Gasteiger partial charge is 0.154 e.